The summed E-state index contributed by atoms with van der Waals surface area (Å²) in [6.07, 6.45) is 0. The number of carbonyl (C=O) groups excluding carboxylic acids is 1. The van der Waals surface area contributed by atoms with Gasteiger partial charge in [0.15, 0.2) is 0 Å². The lowest BCUT2D eigenvalue weighted by Gasteiger charge is -2.10. The van der Waals surface area contributed by atoms with Gasteiger partial charge in [0.2, 0.25) is 5.91 Å². The van der Waals surface area contributed by atoms with Crippen molar-refractivity contribution in [1.29, 1.82) is 0 Å². The van der Waals surface area contributed by atoms with Crippen LogP contribution in [0.15, 0.2) is 30.3 Å². The lowest BCUT2D eigenvalue weighted by Crippen LogP contribution is -2.32. The van der Waals surface area contributed by atoms with Gasteiger partial charge in [-0.1, -0.05) is 18.2 Å². The molecule has 3 nitrogen and oxygen atoms in total. The van der Waals surface area contributed by atoms with Crippen LogP contribution < -0.4 is 10.6 Å². The smallest absolute Gasteiger partial charge is 0.233 e. The quantitative estimate of drug-likeness (QED) is 0.871. The number of rotatable bonds is 4. The molecule has 1 atom stereocenters. The van der Waals surface area contributed by atoms with Crippen molar-refractivity contribution < 1.29 is 4.79 Å². The molecule has 2 aromatic rings. The van der Waals surface area contributed by atoms with E-state index in [-0.39, 0.29) is 11.9 Å². The summed E-state index contributed by atoms with van der Waals surface area (Å²) < 4.78 is 1.29. The SMILES string of the molecule is CNC(=O)CNC(C)c1cc2ccccc2s1. The van der Waals surface area contributed by atoms with Gasteiger partial charge in [-0.3, -0.25) is 4.79 Å². The summed E-state index contributed by atoms with van der Waals surface area (Å²) in [5.41, 5.74) is 0. The van der Waals surface area contributed by atoms with Gasteiger partial charge < -0.3 is 10.6 Å². The Morgan fingerprint density at radius 1 is 1.41 bits per heavy atom. The van der Waals surface area contributed by atoms with E-state index in [9.17, 15) is 4.79 Å². The number of likely N-dealkylation sites (N-methyl/N-ethyl adjacent to an activating group) is 1. The van der Waals surface area contributed by atoms with Crippen LogP contribution in [0.5, 0.6) is 0 Å². The van der Waals surface area contributed by atoms with Gasteiger partial charge in [-0.05, 0) is 24.4 Å². The molecule has 1 aromatic carbocycles. The molecule has 1 unspecified atom stereocenters. The average molecular weight is 248 g/mol. The van der Waals surface area contributed by atoms with Gasteiger partial charge in [0, 0.05) is 22.7 Å². The monoisotopic (exact) mass is 248 g/mol. The van der Waals surface area contributed by atoms with E-state index in [0.717, 1.165) is 0 Å². The number of thiophene rings is 1. The van der Waals surface area contributed by atoms with Crippen LogP contribution in [0.1, 0.15) is 17.8 Å². The van der Waals surface area contributed by atoms with Crippen molar-refractivity contribution >= 4 is 27.3 Å². The third-order valence-corrected chi connectivity index (χ3v) is 4.02. The second-order valence-corrected chi connectivity index (χ2v) is 5.08. The Labute approximate surface area is 105 Å². The van der Waals surface area contributed by atoms with Crippen molar-refractivity contribution in [2.24, 2.45) is 0 Å². The zero-order chi connectivity index (χ0) is 12.3. The van der Waals surface area contributed by atoms with E-state index in [1.54, 1.807) is 18.4 Å². The minimum absolute atomic E-state index is 0.0120. The van der Waals surface area contributed by atoms with Crippen molar-refractivity contribution in [2.45, 2.75) is 13.0 Å². The molecule has 0 saturated carbocycles. The highest BCUT2D eigenvalue weighted by molar-refractivity contribution is 7.19. The third kappa shape index (κ3) is 2.84. The van der Waals surface area contributed by atoms with E-state index in [1.165, 1.54) is 15.0 Å². The van der Waals surface area contributed by atoms with E-state index in [2.05, 4.69) is 35.8 Å². The molecule has 1 aromatic heterocycles. The predicted octanol–water partition coefficient (Wildman–Crippen LogP) is 2.30. The van der Waals surface area contributed by atoms with Gasteiger partial charge in [-0.2, -0.15) is 0 Å². The fourth-order valence-corrected chi connectivity index (χ4v) is 2.74. The number of amides is 1. The lowest BCUT2D eigenvalue weighted by atomic mass is 10.2. The summed E-state index contributed by atoms with van der Waals surface area (Å²) in [5, 5.41) is 7.07. The number of carbonyl (C=O) groups is 1. The van der Waals surface area contributed by atoms with Crippen molar-refractivity contribution in [1.82, 2.24) is 10.6 Å². The fraction of sp³-hybridized carbons (Fsp3) is 0.308. The number of fused-ring (bicyclic) bond motifs is 1. The Morgan fingerprint density at radius 3 is 2.88 bits per heavy atom. The molecule has 1 amide bonds. The molecule has 0 fully saturated rings. The van der Waals surface area contributed by atoms with Crippen molar-refractivity contribution in [2.75, 3.05) is 13.6 Å². The Bertz CT molecular complexity index is 488. The predicted molar refractivity (Wildman–Crippen MR) is 72.3 cm³/mol. The summed E-state index contributed by atoms with van der Waals surface area (Å²) in [6, 6.07) is 10.7. The van der Waals surface area contributed by atoms with Crippen molar-refractivity contribution in [3.63, 3.8) is 0 Å². The molecule has 0 spiro atoms. The number of nitrogens with one attached hydrogen (secondary N) is 2. The largest absolute Gasteiger partial charge is 0.358 e. The molecule has 0 bridgehead atoms. The molecule has 2 rings (SSSR count). The van der Waals surface area contributed by atoms with Gasteiger partial charge in [0.05, 0.1) is 6.54 Å². The zero-order valence-electron chi connectivity index (χ0n) is 9.99. The highest BCUT2D eigenvalue weighted by Crippen LogP contribution is 2.29. The van der Waals surface area contributed by atoms with Crippen LogP contribution in [0.25, 0.3) is 10.1 Å². The topological polar surface area (TPSA) is 41.1 Å². The van der Waals surface area contributed by atoms with Crippen molar-refractivity contribution in [3.8, 4) is 0 Å². The minimum atomic E-state index is 0.0120. The molecule has 0 radical (unpaired) electrons. The normalized spacial score (nSPS) is 12.6. The van der Waals surface area contributed by atoms with Crippen LogP contribution in [0.3, 0.4) is 0 Å². The number of hydrogen-bond donors (Lipinski definition) is 2. The van der Waals surface area contributed by atoms with E-state index >= 15 is 0 Å². The fourth-order valence-electron chi connectivity index (χ4n) is 1.65. The third-order valence-electron chi connectivity index (χ3n) is 2.72. The maximum absolute atomic E-state index is 11.1. The molecular formula is C13H16N2OS. The van der Waals surface area contributed by atoms with Crippen LogP contribution >= 0.6 is 11.3 Å². The average Bonchev–Trinajstić information content (AvgIpc) is 2.79. The molecular weight excluding hydrogens is 232 g/mol. The highest BCUT2D eigenvalue weighted by Gasteiger charge is 2.09. The summed E-state index contributed by atoms with van der Waals surface area (Å²) in [6.45, 7) is 2.43. The van der Waals surface area contributed by atoms with Crippen LogP contribution in [-0.4, -0.2) is 19.5 Å². The Hall–Kier alpha value is -1.39. The van der Waals surface area contributed by atoms with Gasteiger partial charge in [-0.25, -0.2) is 0 Å². The Morgan fingerprint density at radius 2 is 2.18 bits per heavy atom. The van der Waals surface area contributed by atoms with Crippen LogP contribution in [-0.2, 0) is 4.79 Å². The first-order valence-corrected chi connectivity index (χ1v) is 6.45. The lowest BCUT2D eigenvalue weighted by molar-refractivity contribution is -0.119. The van der Waals surface area contributed by atoms with Crippen molar-refractivity contribution in [3.05, 3.63) is 35.2 Å². The Kier molecular flexibility index (Phi) is 3.76. The minimum Gasteiger partial charge on any atom is -0.358 e. The maximum Gasteiger partial charge on any atom is 0.233 e. The molecule has 4 heteroatoms. The zero-order valence-corrected chi connectivity index (χ0v) is 10.8. The first-order valence-electron chi connectivity index (χ1n) is 5.63. The van der Waals surface area contributed by atoms with Crippen LogP contribution in [0.4, 0.5) is 0 Å². The van der Waals surface area contributed by atoms with Crippen LogP contribution in [0.2, 0.25) is 0 Å². The van der Waals surface area contributed by atoms with Gasteiger partial charge in [-0.15, -0.1) is 11.3 Å². The second kappa shape index (κ2) is 5.29. The van der Waals surface area contributed by atoms with E-state index < -0.39 is 0 Å². The highest BCUT2D eigenvalue weighted by atomic mass is 32.1. The molecule has 90 valence electrons. The summed E-state index contributed by atoms with van der Waals surface area (Å²) in [7, 11) is 1.65. The van der Waals surface area contributed by atoms with Gasteiger partial charge in [0.1, 0.15) is 0 Å². The standard InChI is InChI=1S/C13H16N2OS/c1-9(15-8-13(16)14-2)12-7-10-5-3-4-6-11(10)17-12/h3-7,9,15H,8H2,1-2H3,(H,14,16). The summed E-state index contributed by atoms with van der Waals surface area (Å²) >= 11 is 1.77. The Balaban J connectivity index is 2.08. The number of hydrogen-bond acceptors (Lipinski definition) is 3. The molecule has 2 N–H and O–H groups in total. The summed E-state index contributed by atoms with van der Waals surface area (Å²) in [5.74, 6) is 0.0120. The first kappa shape index (κ1) is 12.1. The molecule has 0 aliphatic heterocycles. The molecule has 0 aliphatic carbocycles. The van der Waals surface area contributed by atoms with E-state index in [0.29, 0.717) is 6.54 Å². The van der Waals surface area contributed by atoms with Crippen LogP contribution in [0, 0.1) is 0 Å². The summed E-state index contributed by atoms with van der Waals surface area (Å²) in [4.78, 5) is 12.4. The van der Waals surface area contributed by atoms with E-state index in [4.69, 9.17) is 0 Å². The molecule has 0 saturated heterocycles. The van der Waals surface area contributed by atoms with E-state index in [1.807, 2.05) is 12.1 Å². The maximum atomic E-state index is 11.1. The molecule has 17 heavy (non-hydrogen) atoms. The molecule has 0 aliphatic rings. The van der Waals surface area contributed by atoms with Gasteiger partial charge in [0.25, 0.3) is 0 Å². The first-order chi connectivity index (χ1) is 8.20. The second-order valence-electron chi connectivity index (χ2n) is 3.96. The van der Waals surface area contributed by atoms with Gasteiger partial charge >= 0.3 is 0 Å². The number of benzene rings is 1. The molecule has 1 heterocycles.